The Kier molecular flexibility index (Phi) is 6.70. The summed E-state index contributed by atoms with van der Waals surface area (Å²) in [4.78, 5) is 13.9. The van der Waals surface area contributed by atoms with E-state index in [9.17, 15) is 4.79 Å². The van der Waals surface area contributed by atoms with E-state index in [0.717, 1.165) is 0 Å². The first-order valence-corrected chi connectivity index (χ1v) is 12.9. The zero-order valence-corrected chi connectivity index (χ0v) is 18.0. The minimum Gasteiger partial charge on any atom is -0.298 e. The lowest BCUT2D eigenvalue weighted by atomic mass is 9.84. The largest absolute Gasteiger partial charge is 0.298 e. The minimum absolute atomic E-state index is 0.389. The summed E-state index contributed by atoms with van der Waals surface area (Å²) >= 11 is 0. The Morgan fingerprint density at radius 2 is 0.933 bits per heavy atom. The van der Waals surface area contributed by atoms with Crippen LogP contribution in [0.25, 0.3) is 0 Å². The number of hydrogen-bond acceptors (Lipinski definition) is 1. The average molecular weight is 443 g/mol. The van der Waals surface area contributed by atoms with Gasteiger partial charge in [0.2, 0.25) is 0 Å². The van der Waals surface area contributed by atoms with Gasteiger partial charge in [-0.3, -0.25) is 4.79 Å². The van der Waals surface area contributed by atoms with E-state index in [1.165, 1.54) is 0 Å². The van der Waals surface area contributed by atoms with Crippen LogP contribution in [0.2, 0.25) is 0 Å². The van der Waals surface area contributed by atoms with E-state index in [4.69, 9.17) is 0 Å². The van der Waals surface area contributed by atoms with Crippen LogP contribution in [0.5, 0.6) is 0 Å². The number of hydrogen-bond donors (Lipinski definition) is 2. The minimum atomic E-state index is -1.40. The number of alkyl halides is 2. The van der Waals surface area contributed by atoms with E-state index in [1.807, 2.05) is 58.1 Å². The fourth-order valence-corrected chi connectivity index (χ4v) is 7.18. The molecule has 2 aliphatic heterocycles. The van der Waals surface area contributed by atoms with E-state index >= 15 is 8.78 Å². The Balaban J connectivity index is 1.75. The summed E-state index contributed by atoms with van der Waals surface area (Å²) < 4.78 is 31.6. The monoisotopic (exact) mass is 442 g/mol. The molecule has 0 aromatic heterocycles. The van der Waals surface area contributed by atoms with E-state index in [0.29, 0.717) is 11.1 Å². The lowest BCUT2D eigenvalue weighted by molar-refractivity contribution is -0.123. The van der Waals surface area contributed by atoms with Crippen LogP contribution < -0.4 is 0 Å². The summed E-state index contributed by atoms with van der Waals surface area (Å²) in [7, 11) is -2.44. The number of halogens is 2. The van der Waals surface area contributed by atoms with E-state index < -0.39 is 44.6 Å². The Labute approximate surface area is 181 Å². The van der Waals surface area contributed by atoms with Crippen LogP contribution in [-0.4, -0.2) is 16.8 Å². The Morgan fingerprint density at radius 3 is 1.27 bits per heavy atom. The SMILES string of the molecule is O=C(C(c1ccccc1)C(F)[SH]1C=CC=C1)C(c1ccccc1)C(F)[SH]1C=CC=C1. The first-order valence-electron chi connectivity index (χ1n) is 9.83. The van der Waals surface area contributed by atoms with Crippen molar-refractivity contribution in [2.75, 3.05) is 0 Å². The van der Waals surface area contributed by atoms with Crippen molar-refractivity contribution < 1.29 is 13.6 Å². The molecule has 0 saturated carbocycles. The highest BCUT2D eigenvalue weighted by Gasteiger charge is 2.42. The molecule has 2 aromatic carbocycles. The maximum atomic E-state index is 15.8. The smallest absolute Gasteiger partial charge is 0.155 e. The Bertz CT molecular complexity index is 881. The van der Waals surface area contributed by atoms with Gasteiger partial charge in [-0.25, -0.2) is 8.78 Å². The second-order valence-corrected chi connectivity index (χ2v) is 11.2. The van der Waals surface area contributed by atoms with Crippen LogP contribution in [0, 0.1) is 0 Å². The van der Waals surface area contributed by atoms with Gasteiger partial charge in [0.1, 0.15) is 11.0 Å². The van der Waals surface area contributed by atoms with Gasteiger partial charge in [-0.1, -0.05) is 85.0 Å². The van der Waals surface area contributed by atoms with E-state index in [2.05, 4.69) is 0 Å². The fourth-order valence-electron chi connectivity index (χ4n) is 3.80. The molecule has 2 aliphatic rings. The highest BCUT2D eigenvalue weighted by Crippen LogP contribution is 2.51. The molecule has 0 aliphatic carbocycles. The van der Waals surface area contributed by atoms with Gasteiger partial charge in [0.15, 0.2) is 5.78 Å². The molecule has 0 radical (unpaired) electrons. The van der Waals surface area contributed by atoms with Crippen LogP contribution in [0.3, 0.4) is 0 Å². The molecule has 30 heavy (non-hydrogen) atoms. The molecule has 2 aromatic rings. The normalized spacial score (nSPS) is 21.0. The topological polar surface area (TPSA) is 17.1 Å². The highest BCUT2D eigenvalue weighted by atomic mass is 32.2. The van der Waals surface area contributed by atoms with Gasteiger partial charge in [0.05, 0.1) is 11.8 Å². The maximum Gasteiger partial charge on any atom is 0.155 e. The molecule has 2 heterocycles. The number of allylic oxidation sites excluding steroid dienone is 4. The number of ketones is 1. The van der Waals surface area contributed by atoms with Gasteiger partial charge >= 0.3 is 0 Å². The molecule has 5 heteroatoms. The van der Waals surface area contributed by atoms with E-state index in [1.54, 1.807) is 48.5 Å². The highest BCUT2D eigenvalue weighted by molar-refractivity contribution is 8.23. The molecule has 0 spiro atoms. The van der Waals surface area contributed by atoms with Gasteiger partial charge in [0, 0.05) is 0 Å². The second kappa shape index (κ2) is 9.63. The molecule has 0 N–H and O–H groups in total. The number of rotatable bonds is 8. The molecule has 0 amide bonds. The molecule has 4 atom stereocenters. The predicted molar refractivity (Wildman–Crippen MR) is 128 cm³/mol. The van der Waals surface area contributed by atoms with Crippen molar-refractivity contribution in [3.63, 3.8) is 0 Å². The predicted octanol–water partition coefficient (Wildman–Crippen LogP) is 6.80. The van der Waals surface area contributed by atoms with Crippen LogP contribution in [0.15, 0.2) is 107 Å². The van der Waals surface area contributed by atoms with Crippen LogP contribution in [-0.2, 0) is 4.79 Å². The summed E-state index contributed by atoms with van der Waals surface area (Å²) in [5.74, 6) is -2.42. The number of carbonyl (C=O) groups is 1. The summed E-state index contributed by atoms with van der Waals surface area (Å²) in [6.07, 6.45) is 7.26. The van der Waals surface area contributed by atoms with Gasteiger partial charge < -0.3 is 0 Å². The third kappa shape index (κ3) is 4.37. The molecule has 0 fully saturated rings. The maximum absolute atomic E-state index is 15.8. The van der Waals surface area contributed by atoms with Crippen LogP contribution >= 0.6 is 21.8 Å². The van der Waals surface area contributed by atoms with Crippen molar-refractivity contribution in [3.8, 4) is 0 Å². The molecular formula is C25H24F2OS2. The average Bonchev–Trinajstić information content (AvgIpc) is 3.50. The first-order chi connectivity index (χ1) is 14.7. The van der Waals surface area contributed by atoms with Crippen molar-refractivity contribution in [2.45, 2.75) is 22.8 Å². The van der Waals surface area contributed by atoms with Gasteiger partial charge in [-0.05, 0) is 32.8 Å². The standard InChI is InChI=1S/C25H24F2OS2/c26-24(29-15-7-8-16-29)21(19-11-3-1-4-12-19)23(28)22(20-13-5-2-6-14-20)25(27)30-17-9-10-18-30/h1-18,21-22,24-25,29-30H. The van der Waals surface area contributed by atoms with Crippen molar-refractivity contribution in [3.05, 3.63) is 118 Å². The zero-order valence-electron chi connectivity index (χ0n) is 16.3. The molecular weight excluding hydrogens is 418 g/mol. The molecule has 0 bridgehead atoms. The second-order valence-electron chi connectivity index (χ2n) is 7.18. The van der Waals surface area contributed by atoms with Gasteiger partial charge in [0.25, 0.3) is 0 Å². The summed E-state index contributed by atoms with van der Waals surface area (Å²) in [5.41, 5.74) is -1.59. The Morgan fingerprint density at radius 1 is 0.600 bits per heavy atom. The quantitative estimate of drug-likeness (QED) is 0.430. The molecule has 4 unspecified atom stereocenters. The van der Waals surface area contributed by atoms with Gasteiger partial charge in [-0.2, -0.15) is 21.8 Å². The first kappa shape index (κ1) is 20.9. The Hall–Kier alpha value is -2.37. The molecule has 0 saturated heterocycles. The number of carbonyl (C=O) groups excluding carboxylic acids is 1. The van der Waals surface area contributed by atoms with Crippen LogP contribution in [0.4, 0.5) is 8.78 Å². The van der Waals surface area contributed by atoms with Crippen molar-refractivity contribution >= 4 is 27.6 Å². The zero-order chi connectivity index (χ0) is 20.9. The molecule has 156 valence electrons. The van der Waals surface area contributed by atoms with Crippen molar-refractivity contribution in [1.82, 2.24) is 0 Å². The van der Waals surface area contributed by atoms with Crippen LogP contribution in [0.1, 0.15) is 23.0 Å². The lowest BCUT2D eigenvalue weighted by Gasteiger charge is -2.32. The summed E-state index contributed by atoms with van der Waals surface area (Å²) in [6.45, 7) is 0. The third-order valence-corrected chi connectivity index (χ3v) is 9.11. The molecule has 4 rings (SSSR count). The number of Topliss-reactive ketones (excluding diaryl/α,β-unsaturated/α-hetero) is 1. The van der Waals surface area contributed by atoms with Crippen molar-refractivity contribution in [2.24, 2.45) is 0 Å². The number of thiol groups is 2. The lowest BCUT2D eigenvalue weighted by Crippen LogP contribution is -2.32. The third-order valence-electron chi connectivity index (χ3n) is 5.31. The number of benzene rings is 2. The summed E-state index contributed by atoms with van der Waals surface area (Å²) in [6, 6.07) is 17.9. The van der Waals surface area contributed by atoms with Crippen molar-refractivity contribution in [1.29, 1.82) is 0 Å². The van der Waals surface area contributed by atoms with Gasteiger partial charge in [-0.15, -0.1) is 0 Å². The fraction of sp³-hybridized carbons (Fsp3) is 0.160. The summed E-state index contributed by atoms with van der Waals surface area (Å²) in [5, 5.41) is 7.28. The molecule has 1 nitrogen and oxygen atoms in total. The van der Waals surface area contributed by atoms with E-state index in [-0.39, 0.29) is 5.78 Å².